The first kappa shape index (κ1) is 11.9. The van der Waals surface area contributed by atoms with Crippen molar-refractivity contribution in [2.24, 2.45) is 5.92 Å². The molecule has 0 aliphatic heterocycles. The standard InChI is InChI=1S/C8H14O4Si/c1-6(2)5-11-7(9)3-4-8(10)12-13/h3-4,6H,5H2,1-2,13H3/b4-3-. The van der Waals surface area contributed by atoms with Gasteiger partial charge in [-0.2, -0.15) is 0 Å². The van der Waals surface area contributed by atoms with E-state index < -0.39 is 11.9 Å². The zero-order valence-corrected chi connectivity index (χ0v) is 10.1. The molecule has 0 aliphatic rings. The fourth-order valence-electron chi connectivity index (χ4n) is 0.501. The SMILES string of the molecule is CC(C)COC(=O)/C=C\C(=O)O[SiH3]. The Labute approximate surface area is 80.4 Å². The predicted octanol–water partition coefficient (Wildman–Crippen LogP) is -0.435. The molecule has 0 atom stereocenters. The van der Waals surface area contributed by atoms with Gasteiger partial charge in [0.25, 0.3) is 0 Å². The fourth-order valence-corrected chi connectivity index (χ4v) is 0.637. The maximum atomic E-state index is 10.9. The molecule has 0 bridgehead atoms. The largest absolute Gasteiger partial charge is 0.526 e. The Morgan fingerprint density at radius 1 is 1.31 bits per heavy atom. The van der Waals surface area contributed by atoms with Crippen LogP contribution in [0.5, 0.6) is 0 Å². The third-order valence-corrected chi connectivity index (χ3v) is 1.52. The lowest BCUT2D eigenvalue weighted by atomic mass is 10.2. The van der Waals surface area contributed by atoms with E-state index in [0.717, 1.165) is 12.2 Å². The molecule has 0 radical (unpaired) electrons. The van der Waals surface area contributed by atoms with E-state index in [9.17, 15) is 9.59 Å². The molecule has 4 nitrogen and oxygen atoms in total. The second-order valence-electron chi connectivity index (χ2n) is 2.88. The minimum absolute atomic E-state index is 0.294. The highest BCUT2D eigenvalue weighted by Crippen LogP contribution is 1.93. The van der Waals surface area contributed by atoms with E-state index in [1.165, 1.54) is 0 Å². The van der Waals surface area contributed by atoms with Gasteiger partial charge in [-0.15, -0.1) is 0 Å². The van der Waals surface area contributed by atoms with Gasteiger partial charge in [-0.3, -0.25) is 0 Å². The van der Waals surface area contributed by atoms with Crippen LogP contribution in [0.15, 0.2) is 12.2 Å². The van der Waals surface area contributed by atoms with E-state index >= 15 is 0 Å². The van der Waals surface area contributed by atoms with Gasteiger partial charge in [-0.25, -0.2) is 9.59 Å². The highest BCUT2D eigenvalue weighted by molar-refractivity contribution is 6.08. The van der Waals surface area contributed by atoms with Crippen molar-refractivity contribution in [3.8, 4) is 0 Å². The first-order valence-electron chi connectivity index (χ1n) is 3.99. The summed E-state index contributed by atoms with van der Waals surface area (Å²) in [6.07, 6.45) is 2.14. The van der Waals surface area contributed by atoms with Crippen LogP contribution in [-0.4, -0.2) is 29.0 Å². The number of hydrogen-bond acceptors (Lipinski definition) is 4. The molecule has 0 fully saturated rings. The Morgan fingerprint density at radius 2 is 1.85 bits per heavy atom. The van der Waals surface area contributed by atoms with Gasteiger partial charge in [-0.05, 0) is 5.92 Å². The van der Waals surface area contributed by atoms with E-state index in [1.807, 2.05) is 13.8 Å². The third-order valence-electron chi connectivity index (χ3n) is 1.12. The lowest BCUT2D eigenvalue weighted by Crippen LogP contribution is -2.08. The summed E-state index contributed by atoms with van der Waals surface area (Å²) in [5, 5.41) is 0. The average Bonchev–Trinajstić information content (AvgIpc) is 2.10. The second kappa shape index (κ2) is 6.42. The zero-order valence-electron chi connectivity index (χ0n) is 8.07. The summed E-state index contributed by atoms with van der Waals surface area (Å²) in [5.41, 5.74) is 0. The van der Waals surface area contributed by atoms with Crippen molar-refractivity contribution in [3.05, 3.63) is 12.2 Å². The van der Waals surface area contributed by atoms with Crippen LogP contribution in [0.3, 0.4) is 0 Å². The summed E-state index contributed by atoms with van der Waals surface area (Å²) in [4.78, 5) is 21.4. The molecule has 0 amide bonds. The third kappa shape index (κ3) is 7.26. The van der Waals surface area contributed by atoms with Crippen LogP contribution in [-0.2, 0) is 18.8 Å². The normalized spacial score (nSPS) is 10.7. The minimum atomic E-state index is -0.513. The number of carbonyl (C=O) groups excluding carboxylic acids is 2. The van der Waals surface area contributed by atoms with Crippen molar-refractivity contribution in [2.45, 2.75) is 13.8 Å². The Hall–Kier alpha value is -1.10. The van der Waals surface area contributed by atoms with Gasteiger partial charge in [-0.1, -0.05) is 13.8 Å². The molecule has 5 heteroatoms. The molecule has 0 aromatic rings. The van der Waals surface area contributed by atoms with Gasteiger partial charge in [0.1, 0.15) is 0 Å². The highest BCUT2D eigenvalue weighted by Gasteiger charge is 2.00. The van der Waals surface area contributed by atoms with Crippen LogP contribution in [0.4, 0.5) is 0 Å². The molecule has 0 aromatic heterocycles. The highest BCUT2D eigenvalue weighted by atomic mass is 28.2. The van der Waals surface area contributed by atoms with Gasteiger partial charge in [0.2, 0.25) is 10.5 Å². The predicted molar refractivity (Wildman–Crippen MR) is 51.0 cm³/mol. The summed E-state index contributed by atoms with van der Waals surface area (Å²) >= 11 is 0. The average molecular weight is 202 g/mol. The fraction of sp³-hybridized carbons (Fsp3) is 0.500. The number of esters is 1. The lowest BCUT2D eigenvalue weighted by Gasteiger charge is -2.03. The van der Waals surface area contributed by atoms with E-state index in [1.54, 1.807) is 0 Å². The molecule has 0 aromatic carbocycles. The topological polar surface area (TPSA) is 52.6 Å². The van der Waals surface area contributed by atoms with E-state index in [0.29, 0.717) is 23.0 Å². The maximum absolute atomic E-state index is 10.9. The molecule has 0 saturated heterocycles. The summed E-state index contributed by atoms with van der Waals surface area (Å²) < 4.78 is 9.21. The number of carbonyl (C=O) groups is 2. The van der Waals surface area contributed by atoms with Crippen molar-refractivity contribution in [1.29, 1.82) is 0 Å². The second-order valence-corrected chi connectivity index (χ2v) is 3.29. The molecule has 13 heavy (non-hydrogen) atoms. The first-order chi connectivity index (χ1) is 6.06. The summed E-state index contributed by atoms with van der Waals surface area (Å²) in [7, 11) is 0.330. The van der Waals surface area contributed by atoms with E-state index in [2.05, 4.69) is 4.43 Å². The van der Waals surface area contributed by atoms with Crippen LogP contribution in [0, 0.1) is 5.92 Å². The van der Waals surface area contributed by atoms with Crippen molar-refractivity contribution < 1.29 is 18.8 Å². The minimum Gasteiger partial charge on any atom is -0.526 e. The van der Waals surface area contributed by atoms with Gasteiger partial charge in [0.05, 0.1) is 6.61 Å². The van der Waals surface area contributed by atoms with Crippen molar-refractivity contribution in [1.82, 2.24) is 0 Å². The summed E-state index contributed by atoms with van der Waals surface area (Å²) in [6, 6.07) is 0. The molecule has 0 saturated carbocycles. The molecule has 0 N–H and O–H groups in total. The van der Waals surface area contributed by atoms with Gasteiger partial charge < -0.3 is 9.16 Å². The Bertz CT molecular complexity index is 210. The van der Waals surface area contributed by atoms with E-state index in [-0.39, 0.29) is 0 Å². The number of rotatable bonds is 4. The molecule has 0 heterocycles. The quantitative estimate of drug-likeness (QED) is 0.352. The smallest absolute Gasteiger partial charge is 0.331 e. The van der Waals surface area contributed by atoms with Crippen LogP contribution >= 0.6 is 0 Å². The van der Waals surface area contributed by atoms with Gasteiger partial charge in [0.15, 0.2) is 0 Å². The molecular weight excluding hydrogens is 188 g/mol. The van der Waals surface area contributed by atoms with Crippen molar-refractivity contribution in [3.63, 3.8) is 0 Å². The monoisotopic (exact) mass is 202 g/mol. The Morgan fingerprint density at radius 3 is 2.31 bits per heavy atom. The molecule has 0 unspecified atom stereocenters. The number of ether oxygens (including phenoxy) is 1. The van der Waals surface area contributed by atoms with E-state index in [4.69, 9.17) is 4.74 Å². The lowest BCUT2D eigenvalue weighted by molar-refractivity contribution is -0.139. The van der Waals surface area contributed by atoms with Gasteiger partial charge in [0, 0.05) is 12.2 Å². The summed E-state index contributed by atoms with van der Waals surface area (Å²) in [6.45, 7) is 4.23. The molecule has 0 spiro atoms. The van der Waals surface area contributed by atoms with Crippen molar-refractivity contribution in [2.75, 3.05) is 6.61 Å². The van der Waals surface area contributed by atoms with Crippen LogP contribution in [0.2, 0.25) is 0 Å². The molecular formula is C8H14O4Si. The Balaban J connectivity index is 3.74. The first-order valence-corrected chi connectivity index (χ1v) is 4.80. The maximum Gasteiger partial charge on any atom is 0.331 e. The van der Waals surface area contributed by atoms with Crippen LogP contribution in [0.1, 0.15) is 13.8 Å². The Kier molecular flexibility index (Phi) is 5.87. The molecule has 0 rings (SSSR count). The van der Waals surface area contributed by atoms with Crippen LogP contribution < -0.4 is 0 Å². The van der Waals surface area contributed by atoms with Crippen LogP contribution in [0.25, 0.3) is 0 Å². The van der Waals surface area contributed by atoms with Crippen molar-refractivity contribution >= 4 is 22.4 Å². The molecule has 0 aliphatic carbocycles. The zero-order chi connectivity index (χ0) is 10.3. The van der Waals surface area contributed by atoms with Gasteiger partial charge >= 0.3 is 11.9 Å². The number of hydrogen-bond donors (Lipinski definition) is 0. The molecule has 74 valence electrons. The summed E-state index contributed by atoms with van der Waals surface area (Å²) in [5.74, 6) is -0.725.